The van der Waals surface area contributed by atoms with Gasteiger partial charge in [-0.25, -0.2) is 4.79 Å². The molecule has 2 aromatic carbocycles. The number of halogens is 1. The molecule has 0 aliphatic carbocycles. The molecule has 0 saturated heterocycles. The van der Waals surface area contributed by atoms with Crippen LogP contribution in [0.25, 0.3) is 0 Å². The van der Waals surface area contributed by atoms with E-state index in [0.29, 0.717) is 17.1 Å². The molecule has 2 aromatic rings. The first-order valence-corrected chi connectivity index (χ1v) is 10.6. The van der Waals surface area contributed by atoms with Crippen LogP contribution in [0.5, 0.6) is 0 Å². The van der Waals surface area contributed by atoms with Crippen molar-refractivity contribution in [2.24, 2.45) is 0 Å². The third-order valence-electron chi connectivity index (χ3n) is 4.49. The fourth-order valence-corrected chi connectivity index (χ4v) is 3.02. The Bertz CT molecular complexity index is 856. The number of aliphatic hydroxyl groups is 2. The highest BCUT2D eigenvalue weighted by molar-refractivity contribution is 7.99. The van der Waals surface area contributed by atoms with Crippen molar-refractivity contribution in [1.82, 2.24) is 0 Å². The van der Waals surface area contributed by atoms with E-state index in [1.54, 1.807) is 37.7 Å². The number of aliphatic carboxylic acids is 1. The van der Waals surface area contributed by atoms with Crippen molar-refractivity contribution in [2.75, 3.05) is 5.32 Å². The Morgan fingerprint density at radius 1 is 0.967 bits per heavy atom. The van der Waals surface area contributed by atoms with Gasteiger partial charge in [-0.2, -0.15) is 0 Å². The van der Waals surface area contributed by atoms with Crippen LogP contribution in [0.1, 0.15) is 40.5 Å². The molecular formula is C22H28ClNO5S. The number of hydrogen-bond donors (Lipinski definition) is 4. The van der Waals surface area contributed by atoms with E-state index in [1.807, 2.05) is 36.4 Å². The van der Waals surface area contributed by atoms with E-state index >= 15 is 0 Å². The lowest BCUT2D eigenvalue weighted by Crippen LogP contribution is -2.39. The smallest absolute Gasteiger partial charge is 0.335 e. The summed E-state index contributed by atoms with van der Waals surface area (Å²) in [6.45, 7) is 6.13. The van der Waals surface area contributed by atoms with E-state index in [1.165, 1.54) is 13.8 Å². The molecule has 0 spiro atoms. The molecule has 0 aliphatic rings. The highest BCUT2D eigenvalue weighted by atomic mass is 35.5. The topological polar surface area (TPSA) is 107 Å². The molecule has 0 radical (unpaired) electrons. The lowest BCUT2D eigenvalue weighted by molar-refractivity contribution is -0.156. The largest absolute Gasteiger partial charge is 0.479 e. The number of carbonyl (C=O) groups is 2. The Labute approximate surface area is 186 Å². The number of hydrogen-bond acceptors (Lipinski definition) is 5. The predicted octanol–water partition coefficient (Wildman–Crippen LogP) is 4.82. The summed E-state index contributed by atoms with van der Waals surface area (Å²) >= 11 is 7.82. The van der Waals surface area contributed by atoms with E-state index in [9.17, 15) is 14.7 Å². The van der Waals surface area contributed by atoms with Crippen molar-refractivity contribution >= 4 is 40.9 Å². The van der Waals surface area contributed by atoms with Gasteiger partial charge in [-0.1, -0.05) is 55.4 Å². The van der Waals surface area contributed by atoms with Crippen LogP contribution >= 0.6 is 23.4 Å². The van der Waals surface area contributed by atoms with Crippen molar-refractivity contribution in [3.05, 3.63) is 53.6 Å². The molecule has 4 N–H and O–H groups in total. The minimum absolute atomic E-state index is 0.238. The van der Waals surface area contributed by atoms with Crippen LogP contribution in [0.3, 0.4) is 0 Å². The predicted molar refractivity (Wildman–Crippen MR) is 120 cm³/mol. The lowest BCUT2D eigenvalue weighted by Gasteiger charge is -2.20. The van der Waals surface area contributed by atoms with Gasteiger partial charge in [0, 0.05) is 9.79 Å². The Morgan fingerprint density at radius 2 is 1.53 bits per heavy atom. The maximum absolute atomic E-state index is 12.0. The number of benzene rings is 2. The normalized spacial score (nSPS) is 14.5. The van der Waals surface area contributed by atoms with Crippen molar-refractivity contribution in [3.63, 3.8) is 0 Å². The second-order valence-corrected chi connectivity index (χ2v) is 8.62. The van der Waals surface area contributed by atoms with Crippen molar-refractivity contribution in [1.29, 1.82) is 0 Å². The molecule has 30 heavy (non-hydrogen) atoms. The first-order chi connectivity index (χ1) is 13.9. The van der Waals surface area contributed by atoms with E-state index in [2.05, 4.69) is 5.32 Å². The molecule has 0 bridgehead atoms. The fourth-order valence-electron chi connectivity index (χ4n) is 1.85. The van der Waals surface area contributed by atoms with Crippen LogP contribution < -0.4 is 5.32 Å². The SMILES string of the molecule is CCC(C)(O)C(=O)Nc1ccc(Sc2ccccc2)cc1Cl.CCC(C)(O)C(=O)O. The molecule has 2 rings (SSSR count). The van der Waals surface area contributed by atoms with Gasteiger partial charge in [0.15, 0.2) is 5.60 Å². The minimum Gasteiger partial charge on any atom is -0.479 e. The zero-order valence-corrected chi connectivity index (χ0v) is 19.0. The summed E-state index contributed by atoms with van der Waals surface area (Å²) in [5.74, 6) is -1.62. The van der Waals surface area contributed by atoms with E-state index in [4.69, 9.17) is 21.8 Å². The molecule has 2 atom stereocenters. The van der Waals surface area contributed by atoms with Crippen molar-refractivity contribution in [3.8, 4) is 0 Å². The van der Waals surface area contributed by atoms with Crippen LogP contribution in [0.15, 0.2) is 58.3 Å². The summed E-state index contributed by atoms with van der Waals surface area (Å²) in [6, 6.07) is 15.4. The summed E-state index contributed by atoms with van der Waals surface area (Å²) in [5.41, 5.74) is -2.45. The maximum atomic E-state index is 12.0. The standard InChI is InChI=1S/C17H18ClNO2S.C5H10O3/c1-3-17(2,21)16(20)19-15-10-9-13(11-14(15)18)22-12-7-5-4-6-8-12;1-3-5(2,8)4(6)7/h4-11,21H,3H2,1-2H3,(H,19,20);8H,3H2,1-2H3,(H,6,7). The zero-order chi connectivity index (χ0) is 22.9. The third-order valence-corrected chi connectivity index (χ3v) is 5.80. The number of rotatable bonds is 7. The monoisotopic (exact) mass is 453 g/mol. The van der Waals surface area contributed by atoms with Gasteiger partial charge in [-0.05, 0) is 57.0 Å². The lowest BCUT2D eigenvalue weighted by atomic mass is 10.0. The van der Waals surface area contributed by atoms with Crippen molar-refractivity contribution < 1.29 is 24.9 Å². The second-order valence-electron chi connectivity index (χ2n) is 7.07. The summed E-state index contributed by atoms with van der Waals surface area (Å²) < 4.78 is 0. The van der Waals surface area contributed by atoms with Crippen LogP contribution in [-0.4, -0.2) is 38.4 Å². The summed E-state index contributed by atoms with van der Waals surface area (Å²) in [6.07, 6.45) is 0.570. The van der Waals surface area contributed by atoms with Crippen LogP contribution in [0.4, 0.5) is 5.69 Å². The first-order valence-electron chi connectivity index (χ1n) is 9.45. The quantitative estimate of drug-likeness (QED) is 0.478. The van der Waals surface area contributed by atoms with Gasteiger partial charge in [-0.3, -0.25) is 4.79 Å². The maximum Gasteiger partial charge on any atom is 0.335 e. The molecule has 164 valence electrons. The number of carbonyl (C=O) groups excluding carboxylic acids is 1. The molecule has 0 fully saturated rings. The summed E-state index contributed by atoms with van der Waals surface area (Å²) in [5, 5.41) is 30.0. The van der Waals surface area contributed by atoms with Gasteiger partial charge < -0.3 is 20.6 Å². The highest BCUT2D eigenvalue weighted by Gasteiger charge is 2.28. The molecule has 0 heterocycles. The van der Waals surface area contributed by atoms with Gasteiger partial charge in [-0.15, -0.1) is 0 Å². The number of amides is 1. The first kappa shape index (κ1) is 26.0. The molecule has 6 nitrogen and oxygen atoms in total. The van der Waals surface area contributed by atoms with E-state index in [0.717, 1.165) is 9.79 Å². The third kappa shape index (κ3) is 7.99. The average Bonchev–Trinajstić information content (AvgIpc) is 2.71. The molecular weight excluding hydrogens is 426 g/mol. The van der Waals surface area contributed by atoms with E-state index in [-0.39, 0.29) is 6.42 Å². The molecule has 0 saturated carbocycles. The Kier molecular flexibility index (Phi) is 9.84. The highest BCUT2D eigenvalue weighted by Crippen LogP contribution is 2.33. The summed E-state index contributed by atoms with van der Waals surface area (Å²) in [7, 11) is 0. The molecule has 8 heteroatoms. The van der Waals surface area contributed by atoms with Gasteiger partial charge in [0.2, 0.25) is 0 Å². The van der Waals surface area contributed by atoms with Gasteiger partial charge in [0.1, 0.15) is 5.60 Å². The second kappa shape index (κ2) is 11.4. The van der Waals surface area contributed by atoms with Gasteiger partial charge >= 0.3 is 5.97 Å². The number of carboxylic acid groups (broad SMARTS) is 1. The Hall–Kier alpha value is -2.06. The van der Waals surface area contributed by atoms with E-state index < -0.39 is 23.1 Å². The van der Waals surface area contributed by atoms with Crippen LogP contribution in [-0.2, 0) is 9.59 Å². The van der Waals surface area contributed by atoms with Gasteiger partial charge in [0.05, 0.1) is 10.7 Å². The molecule has 0 aromatic heterocycles. The minimum atomic E-state index is -1.54. The molecule has 2 unspecified atom stereocenters. The number of nitrogens with one attached hydrogen (secondary N) is 1. The zero-order valence-electron chi connectivity index (χ0n) is 17.5. The Morgan fingerprint density at radius 3 is 1.97 bits per heavy atom. The van der Waals surface area contributed by atoms with Crippen LogP contribution in [0.2, 0.25) is 5.02 Å². The molecule has 0 aliphatic heterocycles. The average molecular weight is 454 g/mol. The Balaban J connectivity index is 0.000000479. The number of anilines is 1. The fraction of sp³-hybridized carbons (Fsp3) is 0.364. The van der Waals surface area contributed by atoms with Crippen molar-refractivity contribution in [2.45, 2.75) is 61.5 Å². The number of carboxylic acids is 1. The molecule has 1 amide bonds. The van der Waals surface area contributed by atoms with Crippen LogP contribution in [0, 0.1) is 0 Å². The van der Waals surface area contributed by atoms with Gasteiger partial charge in [0.25, 0.3) is 5.91 Å². The summed E-state index contributed by atoms with van der Waals surface area (Å²) in [4.78, 5) is 24.1.